The Morgan fingerprint density at radius 3 is 2.70 bits per heavy atom. The lowest BCUT2D eigenvalue weighted by molar-refractivity contribution is -0.383. The monoisotopic (exact) mass is 278 g/mol. The quantitative estimate of drug-likeness (QED) is 0.505. The molecule has 0 unspecified atom stereocenters. The lowest BCUT2D eigenvalue weighted by atomic mass is 10.1. The molecule has 0 saturated heterocycles. The summed E-state index contributed by atoms with van der Waals surface area (Å²) in [6.45, 7) is 1.27. The molecule has 0 aliphatic rings. The van der Waals surface area contributed by atoms with Gasteiger partial charge in [0.15, 0.2) is 0 Å². The number of methoxy groups -OCH3 is 1. The molecule has 0 bridgehead atoms. The number of nitrogens with one attached hydrogen (secondary N) is 1. The van der Waals surface area contributed by atoms with Crippen LogP contribution in [0.15, 0.2) is 24.3 Å². The Morgan fingerprint density at radius 2 is 2.15 bits per heavy atom. The molecule has 0 spiro atoms. The smallest absolute Gasteiger partial charge is 0.309 e. The van der Waals surface area contributed by atoms with Crippen LogP contribution in [0.25, 0.3) is 6.08 Å². The van der Waals surface area contributed by atoms with Crippen molar-refractivity contribution in [2.24, 2.45) is 0 Å². The zero-order chi connectivity index (χ0) is 15.1. The number of hydrogen-bond acceptors (Lipinski definition) is 5. The number of carbonyl (C=O) groups excluding carboxylic acids is 2. The topological polar surface area (TPSA) is 98.5 Å². The first-order valence-corrected chi connectivity index (χ1v) is 5.73. The van der Waals surface area contributed by atoms with Gasteiger partial charge in [-0.2, -0.15) is 0 Å². The predicted octanol–water partition coefficient (Wildman–Crippen LogP) is 2.13. The van der Waals surface area contributed by atoms with Crippen molar-refractivity contribution in [2.45, 2.75) is 13.3 Å². The molecule has 0 radical (unpaired) electrons. The summed E-state index contributed by atoms with van der Waals surface area (Å²) in [5.74, 6) is -0.785. The third kappa shape index (κ3) is 4.52. The number of ether oxygens (including phenoxy) is 1. The van der Waals surface area contributed by atoms with Crippen molar-refractivity contribution in [3.8, 4) is 0 Å². The Balaban J connectivity index is 2.95. The van der Waals surface area contributed by atoms with Crippen molar-refractivity contribution in [1.82, 2.24) is 0 Å². The van der Waals surface area contributed by atoms with E-state index in [1.807, 2.05) is 0 Å². The summed E-state index contributed by atoms with van der Waals surface area (Å²) in [5.41, 5.74) is 0.475. The van der Waals surface area contributed by atoms with Gasteiger partial charge in [-0.3, -0.25) is 19.7 Å². The highest BCUT2D eigenvalue weighted by atomic mass is 16.6. The number of benzene rings is 1. The van der Waals surface area contributed by atoms with E-state index in [1.165, 1.54) is 26.2 Å². The summed E-state index contributed by atoms with van der Waals surface area (Å²) in [7, 11) is 1.28. The molecular weight excluding hydrogens is 264 g/mol. The fourth-order valence-corrected chi connectivity index (χ4v) is 1.47. The largest absolute Gasteiger partial charge is 0.469 e. The summed E-state index contributed by atoms with van der Waals surface area (Å²) in [5, 5.41) is 13.3. The molecule has 20 heavy (non-hydrogen) atoms. The van der Waals surface area contributed by atoms with Crippen molar-refractivity contribution in [3.63, 3.8) is 0 Å². The number of anilines is 1. The fourth-order valence-electron chi connectivity index (χ4n) is 1.47. The van der Waals surface area contributed by atoms with Gasteiger partial charge in [0.1, 0.15) is 5.69 Å². The number of rotatable bonds is 5. The average Bonchev–Trinajstić information content (AvgIpc) is 2.39. The molecule has 7 heteroatoms. The van der Waals surface area contributed by atoms with Gasteiger partial charge in [-0.1, -0.05) is 18.2 Å². The first kappa shape index (κ1) is 15.4. The molecule has 0 fully saturated rings. The Labute approximate surface area is 115 Å². The number of amides is 1. The van der Waals surface area contributed by atoms with E-state index < -0.39 is 10.9 Å². The third-order valence-electron chi connectivity index (χ3n) is 2.35. The van der Waals surface area contributed by atoms with Gasteiger partial charge in [0, 0.05) is 13.0 Å². The number of nitro groups is 1. The molecule has 1 amide bonds. The van der Waals surface area contributed by atoms with E-state index in [0.29, 0.717) is 5.56 Å². The maximum Gasteiger partial charge on any atom is 0.309 e. The minimum Gasteiger partial charge on any atom is -0.469 e. The number of nitro benzene ring substituents is 1. The molecule has 0 atom stereocenters. The van der Waals surface area contributed by atoms with Crippen LogP contribution in [0.4, 0.5) is 11.4 Å². The van der Waals surface area contributed by atoms with E-state index in [2.05, 4.69) is 10.1 Å². The molecule has 0 saturated carbocycles. The van der Waals surface area contributed by atoms with E-state index in [9.17, 15) is 19.7 Å². The summed E-state index contributed by atoms with van der Waals surface area (Å²) in [4.78, 5) is 32.2. The van der Waals surface area contributed by atoms with Crippen LogP contribution in [-0.4, -0.2) is 23.9 Å². The van der Waals surface area contributed by atoms with E-state index in [-0.39, 0.29) is 23.7 Å². The van der Waals surface area contributed by atoms with Gasteiger partial charge in [0.2, 0.25) is 5.91 Å². The van der Waals surface area contributed by atoms with Crippen LogP contribution in [-0.2, 0) is 14.3 Å². The Kier molecular flexibility index (Phi) is 5.40. The van der Waals surface area contributed by atoms with E-state index in [0.717, 1.165) is 0 Å². The maximum absolute atomic E-state index is 11.0. The van der Waals surface area contributed by atoms with Crippen molar-refractivity contribution < 1.29 is 19.2 Å². The second-order valence-electron chi connectivity index (χ2n) is 3.90. The van der Waals surface area contributed by atoms with E-state index >= 15 is 0 Å². The highest BCUT2D eigenvalue weighted by Gasteiger charge is 2.14. The zero-order valence-electron chi connectivity index (χ0n) is 11.1. The number of esters is 1. The van der Waals surface area contributed by atoms with Crippen LogP contribution in [0.3, 0.4) is 0 Å². The van der Waals surface area contributed by atoms with Gasteiger partial charge in [0.05, 0.1) is 18.5 Å². The normalized spacial score (nSPS) is 10.3. The molecule has 7 nitrogen and oxygen atoms in total. The van der Waals surface area contributed by atoms with Gasteiger partial charge in [-0.05, 0) is 11.6 Å². The third-order valence-corrected chi connectivity index (χ3v) is 2.35. The minimum atomic E-state index is -0.580. The summed E-state index contributed by atoms with van der Waals surface area (Å²) in [6, 6.07) is 4.36. The van der Waals surface area contributed by atoms with Crippen LogP contribution in [0, 0.1) is 10.1 Å². The fraction of sp³-hybridized carbons (Fsp3) is 0.231. The molecule has 0 aliphatic carbocycles. The first-order valence-electron chi connectivity index (χ1n) is 5.73. The number of nitrogens with zero attached hydrogens (tertiary/aromatic N) is 1. The first-order chi connectivity index (χ1) is 9.43. The Bertz CT molecular complexity index is 566. The van der Waals surface area contributed by atoms with Gasteiger partial charge in [0.25, 0.3) is 5.69 Å². The number of carbonyl (C=O) groups is 2. The molecule has 1 N–H and O–H groups in total. The van der Waals surface area contributed by atoms with Crippen LogP contribution >= 0.6 is 0 Å². The van der Waals surface area contributed by atoms with Crippen molar-refractivity contribution in [1.29, 1.82) is 0 Å². The highest BCUT2D eigenvalue weighted by molar-refractivity contribution is 5.91. The van der Waals surface area contributed by atoms with Crippen LogP contribution < -0.4 is 5.32 Å². The van der Waals surface area contributed by atoms with Crippen LogP contribution in [0.5, 0.6) is 0 Å². The predicted molar refractivity (Wildman–Crippen MR) is 73.1 cm³/mol. The van der Waals surface area contributed by atoms with Crippen LogP contribution in [0.2, 0.25) is 0 Å². The summed E-state index contributed by atoms with van der Waals surface area (Å²) in [6.07, 6.45) is 3.20. The lowest BCUT2D eigenvalue weighted by Crippen LogP contribution is -2.08. The second-order valence-corrected chi connectivity index (χ2v) is 3.90. The van der Waals surface area contributed by atoms with Gasteiger partial charge in [-0.25, -0.2) is 0 Å². The molecule has 0 aliphatic heterocycles. The summed E-state index contributed by atoms with van der Waals surface area (Å²) < 4.78 is 4.47. The molecule has 0 aromatic heterocycles. The van der Waals surface area contributed by atoms with Crippen LogP contribution in [0.1, 0.15) is 18.9 Å². The highest BCUT2D eigenvalue weighted by Crippen LogP contribution is 2.26. The van der Waals surface area contributed by atoms with Gasteiger partial charge < -0.3 is 10.1 Å². The number of hydrogen-bond donors (Lipinski definition) is 1. The lowest BCUT2D eigenvalue weighted by Gasteiger charge is -2.04. The molecular formula is C13H14N2O5. The van der Waals surface area contributed by atoms with E-state index in [4.69, 9.17) is 0 Å². The van der Waals surface area contributed by atoms with Crippen molar-refractivity contribution in [2.75, 3.05) is 12.4 Å². The van der Waals surface area contributed by atoms with E-state index in [1.54, 1.807) is 18.2 Å². The molecule has 1 rings (SSSR count). The Hall–Kier alpha value is -2.70. The SMILES string of the molecule is COC(=O)CC=Cc1ccc(NC(C)=O)c([N+](=O)[O-])c1. The van der Waals surface area contributed by atoms with Crippen molar-refractivity contribution in [3.05, 3.63) is 40.0 Å². The van der Waals surface area contributed by atoms with Crippen molar-refractivity contribution >= 4 is 29.3 Å². The minimum absolute atomic E-state index is 0.0811. The zero-order valence-corrected chi connectivity index (χ0v) is 11.1. The average molecular weight is 278 g/mol. The maximum atomic E-state index is 11.0. The molecule has 106 valence electrons. The van der Waals surface area contributed by atoms with Gasteiger partial charge >= 0.3 is 5.97 Å². The Morgan fingerprint density at radius 1 is 1.45 bits per heavy atom. The standard InChI is InChI=1S/C13H14N2O5/c1-9(16)14-11-7-6-10(8-12(11)15(18)19)4-3-5-13(17)20-2/h3-4,6-8H,5H2,1-2H3,(H,14,16). The molecule has 1 aromatic carbocycles. The second kappa shape index (κ2) is 7.03. The molecule has 1 aromatic rings. The molecule has 0 heterocycles. The van der Waals surface area contributed by atoms with Gasteiger partial charge in [-0.15, -0.1) is 0 Å². The summed E-state index contributed by atoms with van der Waals surface area (Å²) >= 11 is 0.